The van der Waals surface area contributed by atoms with E-state index in [0.717, 1.165) is 83.1 Å². The number of nitrogens with zero attached hydrogens (tertiary/aromatic N) is 7. The van der Waals surface area contributed by atoms with Crippen LogP contribution in [0.5, 0.6) is 11.8 Å². The Kier molecular flexibility index (Phi) is 6.90. The second kappa shape index (κ2) is 10.5. The molecule has 0 unspecified atom stereocenters. The number of hydrogen-bond donors (Lipinski definition) is 1. The molecule has 39 heavy (non-hydrogen) atoms. The summed E-state index contributed by atoms with van der Waals surface area (Å²) in [5.41, 5.74) is 5.86. The quantitative estimate of drug-likeness (QED) is 0.417. The SMILES string of the molecule is Cc1nn(C2CC(N(C)CCN(C)C)C2)c2c1/C=C/c1[nH]nc3ccc(cc13)-c1cnn(C)c1OCCCO2. The number of aromatic amines is 1. The Labute approximate surface area is 229 Å². The number of H-pyrrole nitrogens is 1. The highest BCUT2D eigenvalue weighted by Gasteiger charge is 2.36. The van der Waals surface area contributed by atoms with Gasteiger partial charge in [0.25, 0.3) is 0 Å². The van der Waals surface area contributed by atoms with Crippen LogP contribution < -0.4 is 9.47 Å². The average Bonchev–Trinajstić information content (AvgIpc) is 3.55. The van der Waals surface area contributed by atoms with Gasteiger partial charge in [0.1, 0.15) is 0 Å². The lowest BCUT2D eigenvalue weighted by atomic mass is 9.85. The van der Waals surface area contributed by atoms with Crippen molar-refractivity contribution in [3.05, 3.63) is 41.3 Å². The fourth-order valence-corrected chi connectivity index (χ4v) is 5.46. The summed E-state index contributed by atoms with van der Waals surface area (Å²) in [4.78, 5) is 4.70. The van der Waals surface area contributed by atoms with E-state index >= 15 is 0 Å². The number of rotatable bonds is 5. The third-order valence-corrected chi connectivity index (χ3v) is 8.01. The minimum absolute atomic E-state index is 0.332. The third-order valence-electron chi connectivity index (χ3n) is 8.01. The molecule has 1 saturated carbocycles. The first-order valence-electron chi connectivity index (χ1n) is 13.8. The van der Waals surface area contributed by atoms with Crippen LogP contribution in [-0.2, 0) is 7.05 Å². The molecule has 0 atom stereocenters. The van der Waals surface area contributed by atoms with E-state index in [2.05, 4.69) is 82.1 Å². The Balaban J connectivity index is 1.31. The standard InChI is InChI=1S/C29H38N8O2/c1-19-23-8-10-27-24-15-20(7-9-26(24)31-32-27)25-18-30-36(5)28(25)38-13-6-14-39-29(23)37(33-19)22-16-21(17-22)35(4)12-11-34(2)3/h7-10,15,18,21-22H,6,11-14,16-17H2,1-5H3,(H,31,32)/b10-8+. The predicted octanol–water partition coefficient (Wildman–Crippen LogP) is 4.00. The minimum Gasteiger partial charge on any atom is -0.477 e. The van der Waals surface area contributed by atoms with Gasteiger partial charge < -0.3 is 19.3 Å². The van der Waals surface area contributed by atoms with Crippen molar-refractivity contribution in [1.82, 2.24) is 39.6 Å². The van der Waals surface area contributed by atoms with Gasteiger partial charge in [-0.1, -0.05) is 6.07 Å². The molecule has 1 aliphatic carbocycles. The smallest absolute Gasteiger partial charge is 0.219 e. The summed E-state index contributed by atoms with van der Waals surface area (Å²) in [5.74, 6) is 1.59. The molecule has 2 aliphatic rings. The summed E-state index contributed by atoms with van der Waals surface area (Å²) in [6.45, 7) is 5.27. The molecule has 1 fully saturated rings. The molecule has 1 aromatic carbocycles. The van der Waals surface area contributed by atoms with Crippen molar-refractivity contribution < 1.29 is 9.47 Å². The molecule has 1 N–H and O–H groups in total. The molecule has 4 aromatic rings. The number of aryl methyl sites for hydroxylation is 2. The first kappa shape index (κ1) is 25.6. The maximum atomic E-state index is 6.45. The molecule has 0 spiro atoms. The van der Waals surface area contributed by atoms with Crippen LogP contribution in [0.4, 0.5) is 0 Å². The number of aromatic nitrogens is 6. The van der Waals surface area contributed by atoms with Gasteiger partial charge in [-0.3, -0.25) is 5.10 Å². The summed E-state index contributed by atoms with van der Waals surface area (Å²) in [6.07, 6.45) is 8.95. The number of ether oxygens (including phenoxy) is 2. The Bertz CT molecular complexity index is 1490. The summed E-state index contributed by atoms with van der Waals surface area (Å²) >= 11 is 0. The number of likely N-dealkylation sites (N-methyl/N-ethyl adjacent to an activating group) is 2. The number of benzene rings is 1. The second-order valence-electron chi connectivity index (χ2n) is 11.1. The Hall–Kier alpha value is -3.63. The summed E-state index contributed by atoms with van der Waals surface area (Å²) < 4.78 is 16.6. The molecular weight excluding hydrogens is 492 g/mol. The molecular formula is C29H38N8O2. The monoisotopic (exact) mass is 530 g/mol. The minimum atomic E-state index is 0.332. The zero-order chi connectivity index (χ0) is 27.1. The van der Waals surface area contributed by atoms with Crippen molar-refractivity contribution in [2.24, 2.45) is 7.05 Å². The van der Waals surface area contributed by atoms with Gasteiger partial charge in [-0.05, 0) is 70.8 Å². The van der Waals surface area contributed by atoms with Gasteiger partial charge in [-0.2, -0.15) is 15.3 Å². The highest BCUT2D eigenvalue weighted by atomic mass is 16.5. The average molecular weight is 531 g/mol. The van der Waals surface area contributed by atoms with E-state index in [9.17, 15) is 0 Å². The van der Waals surface area contributed by atoms with Crippen LogP contribution in [0.2, 0.25) is 0 Å². The highest BCUT2D eigenvalue weighted by molar-refractivity contribution is 5.93. The van der Waals surface area contributed by atoms with Crippen molar-refractivity contribution in [3.63, 3.8) is 0 Å². The molecule has 0 saturated heterocycles. The first-order chi connectivity index (χ1) is 18.9. The molecule has 10 nitrogen and oxygen atoms in total. The predicted molar refractivity (Wildman–Crippen MR) is 153 cm³/mol. The number of fused-ring (bicyclic) bond motifs is 4. The van der Waals surface area contributed by atoms with Gasteiger partial charge in [0.2, 0.25) is 11.8 Å². The van der Waals surface area contributed by atoms with Gasteiger partial charge in [0.05, 0.1) is 53.5 Å². The van der Waals surface area contributed by atoms with Crippen LogP contribution in [0.3, 0.4) is 0 Å². The van der Waals surface area contributed by atoms with Crippen molar-refractivity contribution in [1.29, 1.82) is 0 Å². The number of hydrogen-bond acceptors (Lipinski definition) is 7. The second-order valence-corrected chi connectivity index (χ2v) is 11.1. The third kappa shape index (κ3) is 4.94. The summed E-state index contributed by atoms with van der Waals surface area (Å²) in [7, 11) is 8.38. The molecule has 1 aliphatic heterocycles. The van der Waals surface area contributed by atoms with Gasteiger partial charge >= 0.3 is 0 Å². The molecule has 3 aromatic heterocycles. The maximum absolute atomic E-state index is 6.45. The summed E-state index contributed by atoms with van der Waals surface area (Å²) in [6, 6.07) is 7.15. The normalized spacial score (nSPS) is 20.2. The zero-order valence-corrected chi connectivity index (χ0v) is 23.5. The lowest BCUT2D eigenvalue weighted by Crippen LogP contribution is -2.45. The van der Waals surface area contributed by atoms with E-state index in [4.69, 9.17) is 14.6 Å². The van der Waals surface area contributed by atoms with Gasteiger partial charge in [0, 0.05) is 38.0 Å². The molecule has 0 amide bonds. The van der Waals surface area contributed by atoms with Gasteiger partial charge in [-0.15, -0.1) is 0 Å². The molecule has 2 bridgehead atoms. The Morgan fingerprint density at radius 3 is 2.64 bits per heavy atom. The van der Waals surface area contributed by atoms with Crippen LogP contribution in [-0.4, -0.2) is 93.0 Å². The lowest BCUT2D eigenvalue weighted by Gasteiger charge is -2.41. The topological polar surface area (TPSA) is 89.3 Å². The van der Waals surface area contributed by atoms with Crippen LogP contribution >= 0.6 is 0 Å². The lowest BCUT2D eigenvalue weighted by molar-refractivity contribution is 0.0864. The maximum Gasteiger partial charge on any atom is 0.219 e. The van der Waals surface area contributed by atoms with Crippen LogP contribution in [0.1, 0.15) is 42.3 Å². The van der Waals surface area contributed by atoms with E-state index in [1.54, 1.807) is 4.68 Å². The molecule has 6 rings (SSSR count). The van der Waals surface area contributed by atoms with Crippen LogP contribution in [0.15, 0.2) is 24.4 Å². The highest BCUT2D eigenvalue weighted by Crippen LogP contribution is 2.40. The Morgan fingerprint density at radius 2 is 1.85 bits per heavy atom. The van der Waals surface area contributed by atoms with E-state index in [1.165, 1.54) is 0 Å². The molecule has 0 radical (unpaired) electrons. The van der Waals surface area contributed by atoms with Crippen molar-refractivity contribution in [3.8, 4) is 22.9 Å². The van der Waals surface area contributed by atoms with Crippen LogP contribution in [0.25, 0.3) is 34.2 Å². The van der Waals surface area contributed by atoms with Gasteiger partial charge in [-0.25, -0.2) is 9.36 Å². The molecule has 4 heterocycles. The fraction of sp³-hybridized carbons (Fsp3) is 0.483. The molecule has 206 valence electrons. The van der Waals surface area contributed by atoms with E-state index in [1.807, 2.05) is 19.3 Å². The van der Waals surface area contributed by atoms with Gasteiger partial charge in [0.15, 0.2) is 0 Å². The summed E-state index contributed by atoms with van der Waals surface area (Å²) in [5, 5.41) is 18.2. The van der Waals surface area contributed by atoms with Crippen molar-refractivity contribution in [2.45, 2.75) is 38.3 Å². The van der Waals surface area contributed by atoms with E-state index < -0.39 is 0 Å². The van der Waals surface area contributed by atoms with Crippen molar-refractivity contribution in [2.75, 3.05) is 47.4 Å². The van der Waals surface area contributed by atoms with E-state index in [0.29, 0.717) is 25.3 Å². The van der Waals surface area contributed by atoms with E-state index in [-0.39, 0.29) is 0 Å². The first-order valence-corrected chi connectivity index (χ1v) is 13.8. The largest absolute Gasteiger partial charge is 0.477 e. The Morgan fingerprint density at radius 1 is 1.05 bits per heavy atom. The zero-order valence-electron chi connectivity index (χ0n) is 23.5. The van der Waals surface area contributed by atoms with Crippen molar-refractivity contribution >= 4 is 23.1 Å². The molecule has 10 heteroatoms. The number of nitrogens with one attached hydrogen (secondary N) is 1. The fourth-order valence-electron chi connectivity index (χ4n) is 5.46. The van der Waals surface area contributed by atoms with Crippen LogP contribution in [0, 0.1) is 6.92 Å².